The summed E-state index contributed by atoms with van der Waals surface area (Å²) >= 11 is 0. The first kappa shape index (κ1) is 19.9. The minimum absolute atomic E-state index is 0.276. The minimum Gasteiger partial charge on any atom is -0.378 e. The Morgan fingerprint density at radius 2 is 1.77 bits per heavy atom. The van der Waals surface area contributed by atoms with Crippen molar-refractivity contribution in [2.24, 2.45) is 0 Å². The summed E-state index contributed by atoms with van der Waals surface area (Å²) in [6.07, 6.45) is 1.43. The van der Waals surface area contributed by atoms with Crippen LogP contribution in [0.4, 0.5) is 26.1 Å². The molecule has 2 saturated heterocycles. The minimum atomic E-state index is -0.659. The molecule has 3 heterocycles. The van der Waals surface area contributed by atoms with Gasteiger partial charge in [0.1, 0.15) is 18.0 Å². The summed E-state index contributed by atoms with van der Waals surface area (Å²) in [4.78, 5) is 9.14. The normalized spacial score (nSPS) is 17.6. The van der Waals surface area contributed by atoms with Crippen LogP contribution in [0.3, 0.4) is 0 Å². The molecule has 0 unspecified atom stereocenters. The lowest BCUT2D eigenvalue weighted by molar-refractivity contribution is -0.0660. The van der Waals surface area contributed by atoms with Crippen molar-refractivity contribution < 1.29 is 13.5 Å². The summed E-state index contributed by atoms with van der Waals surface area (Å²) in [5.74, 6) is -0.957. The first-order valence-electron chi connectivity index (χ1n) is 10.4. The SMILES string of the molecule is Cc1c(Nc2ncn(-c3cc(F)cc(F)c3)n2)cccc1N1CCN(C2COC2)CC1. The largest absolute Gasteiger partial charge is 0.378 e. The predicted molar refractivity (Wildman–Crippen MR) is 114 cm³/mol. The molecule has 0 atom stereocenters. The van der Waals surface area contributed by atoms with Crippen molar-refractivity contribution in [2.75, 3.05) is 49.6 Å². The fourth-order valence-electron chi connectivity index (χ4n) is 4.10. The van der Waals surface area contributed by atoms with Crippen molar-refractivity contribution in [1.82, 2.24) is 19.7 Å². The van der Waals surface area contributed by atoms with Crippen molar-refractivity contribution in [2.45, 2.75) is 13.0 Å². The van der Waals surface area contributed by atoms with Crippen LogP contribution in [0.25, 0.3) is 5.69 Å². The number of nitrogens with zero attached hydrogens (tertiary/aromatic N) is 5. The number of benzene rings is 2. The predicted octanol–water partition coefficient (Wildman–Crippen LogP) is 3.12. The number of nitrogens with one attached hydrogen (secondary N) is 1. The van der Waals surface area contributed by atoms with Gasteiger partial charge in [0.25, 0.3) is 0 Å². The zero-order valence-corrected chi connectivity index (χ0v) is 17.3. The maximum absolute atomic E-state index is 13.5. The molecule has 2 fully saturated rings. The molecule has 3 aromatic rings. The molecule has 0 aliphatic carbocycles. The Bertz CT molecular complexity index is 1060. The van der Waals surface area contributed by atoms with Crippen molar-refractivity contribution in [3.8, 4) is 5.69 Å². The number of hydrogen-bond acceptors (Lipinski definition) is 6. The average molecular weight is 426 g/mol. The number of piperazine rings is 1. The average Bonchev–Trinajstić information content (AvgIpc) is 3.17. The van der Waals surface area contributed by atoms with Crippen LogP contribution in [-0.2, 0) is 4.74 Å². The van der Waals surface area contributed by atoms with E-state index in [1.807, 2.05) is 12.1 Å². The van der Waals surface area contributed by atoms with Crippen molar-refractivity contribution >= 4 is 17.3 Å². The molecule has 31 heavy (non-hydrogen) atoms. The van der Waals surface area contributed by atoms with Crippen LogP contribution >= 0.6 is 0 Å². The number of anilines is 3. The molecule has 1 N–H and O–H groups in total. The third-order valence-corrected chi connectivity index (χ3v) is 5.95. The summed E-state index contributed by atoms with van der Waals surface area (Å²) in [6, 6.07) is 9.94. The van der Waals surface area contributed by atoms with Crippen LogP contribution < -0.4 is 10.2 Å². The van der Waals surface area contributed by atoms with Gasteiger partial charge in [-0.25, -0.2) is 13.5 Å². The third kappa shape index (κ3) is 4.11. The molecule has 162 valence electrons. The maximum Gasteiger partial charge on any atom is 0.246 e. The van der Waals surface area contributed by atoms with Crippen LogP contribution in [-0.4, -0.2) is 65.1 Å². The van der Waals surface area contributed by atoms with Gasteiger partial charge in [-0.2, -0.15) is 4.98 Å². The zero-order chi connectivity index (χ0) is 21.4. The first-order valence-corrected chi connectivity index (χ1v) is 10.4. The lowest BCUT2D eigenvalue weighted by atomic mass is 10.1. The van der Waals surface area contributed by atoms with E-state index in [0.717, 1.165) is 56.7 Å². The number of aromatic nitrogens is 3. The number of ether oxygens (including phenoxy) is 1. The molecule has 1 aromatic heterocycles. The van der Waals surface area contributed by atoms with Gasteiger partial charge in [-0.15, -0.1) is 5.10 Å². The van der Waals surface area contributed by atoms with Crippen LogP contribution in [0, 0.1) is 18.6 Å². The second kappa shape index (κ2) is 8.24. The molecule has 9 heteroatoms. The molecule has 7 nitrogen and oxygen atoms in total. The van der Waals surface area contributed by atoms with E-state index in [1.54, 1.807) is 0 Å². The van der Waals surface area contributed by atoms with Gasteiger partial charge in [-0.3, -0.25) is 4.90 Å². The summed E-state index contributed by atoms with van der Waals surface area (Å²) in [6.45, 7) is 7.77. The van der Waals surface area contributed by atoms with Gasteiger partial charge in [-0.05, 0) is 36.8 Å². The Balaban J connectivity index is 1.30. The Hall–Kier alpha value is -3.04. The summed E-state index contributed by atoms with van der Waals surface area (Å²) < 4.78 is 33.7. The second-order valence-corrected chi connectivity index (χ2v) is 7.93. The fourth-order valence-corrected chi connectivity index (χ4v) is 4.10. The Kier molecular flexibility index (Phi) is 5.29. The molecule has 2 aliphatic heterocycles. The number of hydrogen-bond donors (Lipinski definition) is 1. The van der Waals surface area contributed by atoms with Crippen molar-refractivity contribution in [3.05, 3.63) is 59.9 Å². The zero-order valence-electron chi connectivity index (χ0n) is 17.3. The lowest BCUT2D eigenvalue weighted by Gasteiger charge is -2.43. The Morgan fingerprint density at radius 1 is 1.03 bits per heavy atom. The monoisotopic (exact) mass is 426 g/mol. The van der Waals surface area contributed by atoms with Gasteiger partial charge >= 0.3 is 0 Å². The van der Waals surface area contributed by atoms with E-state index in [2.05, 4.69) is 38.2 Å². The molecule has 2 aliphatic rings. The molecular weight excluding hydrogens is 402 g/mol. The topological polar surface area (TPSA) is 58.5 Å². The highest BCUT2D eigenvalue weighted by atomic mass is 19.1. The van der Waals surface area contributed by atoms with Gasteiger partial charge < -0.3 is 15.0 Å². The molecule has 0 radical (unpaired) electrons. The van der Waals surface area contributed by atoms with E-state index in [-0.39, 0.29) is 5.69 Å². The van der Waals surface area contributed by atoms with Gasteiger partial charge in [0.05, 0.1) is 24.9 Å². The maximum atomic E-state index is 13.5. The Morgan fingerprint density at radius 3 is 2.45 bits per heavy atom. The highest BCUT2D eigenvalue weighted by Crippen LogP contribution is 2.29. The summed E-state index contributed by atoms with van der Waals surface area (Å²) in [7, 11) is 0. The van der Waals surface area contributed by atoms with E-state index >= 15 is 0 Å². The van der Waals surface area contributed by atoms with E-state index in [1.165, 1.54) is 28.8 Å². The van der Waals surface area contributed by atoms with Crippen LogP contribution in [0.2, 0.25) is 0 Å². The van der Waals surface area contributed by atoms with E-state index in [0.29, 0.717) is 12.0 Å². The standard InChI is InChI=1S/C22H24F2N6O/c1-15-20(26-22-25-14-30(27-22)18-10-16(23)9-17(24)11-18)3-2-4-21(15)29-7-5-28(6-8-29)19-12-31-13-19/h2-4,9-11,14,19H,5-8,12-13H2,1H3,(H,26,27). The smallest absolute Gasteiger partial charge is 0.246 e. The summed E-state index contributed by atoms with van der Waals surface area (Å²) in [5.41, 5.74) is 3.46. The van der Waals surface area contributed by atoms with Gasteiger partial charge in [-0.1, -0.05) is 6.07 Å². The molecule has 2 aromatic carbocycles. The van der Waals surface area contributed by atoms with Crippen LogP contribution in [0.5, 0.6) is 0 Å². The van der Waals surface area contributed by atoms with Gasteiger partial charge in [0.2, 0.25) is 5.95 Å². The molecule has 0 spiro atoms. The third-order valence-electron chi connectivity index (χ3n) is 5.95. The quantitative estimate of drug-likeness (QED) is 0.677. The van der Waals surface area contributed by atoms with Crippen LogP contribution in [0.15, 0.2) is 42.7 Å². The Labute approximate surface area is 179 Å². The fraction of sp³-hybridized carbons (Fsp3) is 0.364. The van der Waals surface area contributed by atoms with Crippen molar-refractivity contribution in [3.63, 3.8) is 0 Å². The van der Waals surface area contributed by atoms with Crippen molar-refractivity contribution in [1.29, 1.82) is 0 Å². The van der Waals surface area contributed by atoms with E-state index < -0.39 is 11.6 Å². The number of halogens is 2. The summed E-state index contributed by atoms with van der Waals surface area (Å²) in [5, 5.41) is 7.55. The highest BCUT2D eigenvalue weighted by Gasteiger charge is 2.29. The lowest BCUT2D eigenvalue weighted by Crippen LogP contribution is -2.56. The van der Waals surface area contributed by atoms with E-state index in [9.17, 15) is 8.78 Å². The van der Waals surface area contributed by atoms with E-state index in [4.69, 9.17) is 4.74 Å². The molecule has 0 amide bonds. The second-order valence-electron chi connectivity index (χ2n) is 7.93. The molecule has 0 saturated carbocycles. The molecule has 0 bridgehead atoms. The first-order chi connectivity index (χ1) is 15.1. The molecule has 5 rings (SSSR count). The molecular formula is C22H24F2N6O. The number of rotatable bonds is 5. The van der Waals surface area contributed by atoms with Gasteiger partial charge in [0.15, 0.2) is 0 Å². The highest BCUT2D eigenvalue weighted by molar-refractivity contribution is 5.69. The van der Waals surface area contributed by atoms with Crippen LogP contribution in [0.1, 0.15) is 5.56 Å². The van der Waals surface area contributed by atoms with Gasteiger partial charge in [0, 0.05) is 43.6 Å².